The summed E-state index contributed by atoms with van der Waals surface area (Å²) in [6.07, 6.45) is 12.6. The summed E-state index contributed by atoms with van der Waals surface area (Å²) in [6.45, 7) is 4.62. The van der Waals surface area contributed by atoms with Gasteiger partial charge >= 0.3 is 0 Å². The van der Waals surface area contributed by atoms with Gasteiger partial charge in [0.05, 0.1) is 36.4 Å². The first-order chi connectivity index (χ1) is 36.0. The zero-order valence-corrected chi connectivity index (χ0v) is 43.8. The SMILES string of the molecule is CN[C@@H](C)C(=O)N[C@H](C(=O)N1CCC[C@H]1C(=O)N[C@H]1c2ccccc2C[C@H]1OCC#CC#CCO[C@@H]1Cc2ccccc2[C@@H]1NC(=O)[C@@H]1CCCN1C(=O)[C@@H](NC(=O)[C@H](C)NC)C1CCCCC1)C1CCCCC1. The molecule has 8 rings (SSSR count). The Labute approximate surface area is 437 Å². The van der Waals surface area contributed by atoms with Crippen molar-refractivity contribution in [2.75, 3.05) is 40.4 Å². The number of ether oxygens (including phenoxy) is 2. The van der Waals surface area contributed by atoms with E-state index in [1.165, 1.54) is 0 Å². The van der Waals surface area contributed by atoms with Gasteiger partial charge in [-0.2, -0.15) is 0 Å². The van der Waals surface area contributed by atoms with Crippen molar-refractivity contribution in [1.82, 2.24) is 41.7 Å². The van der Waals surface area contributed by atoms with Gasteiger partial charge in [-0.1, -0.05) is 98.9 Å². The van der Waals surface area contributed by atoms with Crippen LogP contribution in [0.2, 0.25) is 0 Å². The minimum absolute atomic E-state index is 0.0261. The summed E-state index contributed by atoms with van der Waals surface area (Å²) < 4.78 is 12.7. The number of fused-ring (bicyclic) bond motifs is 2. The molecule has 6 aliphatic rings. The summed E-state index contributed by atoms with van der Waals surface area (Å²) in [5.41, 5.74) is 4.10. The second-order valence-electron chi connectivity index (χ2n) is 21.2. The molecule has 4 fully saturated rings. The second-order valence-corrected chi connectivity index (χ2v) is 21.2. The quantitative estimate of drug-likeness (QED) is 0.119. The van der Waals surface area contributed by atoms with Crippen LogP contribution in [0.5, 0.6) is 0 Å². The van der Waals surface area contributed by atoms with Gasteiger partial charge in [0.25, 0.3) is 0 Å². The molecule has 6 N–H and O–H groups in total. The number of carbonyl (C=O) groups excluding carboxylic acids is 6. The molecule has 2 aromatic carbocycles. The Morgan fingerprint density at radius 1 is 0.554 bits per heavy atom. The summed E-state index contributed by atoms with van der Waals surface area (Å²) in [5, 5.41) is 18.6. The van der Waals surface area contributed by atoms with E-state index in [0.717, 1.165) is 86.5 Å². The number of hydrogen-bond acceptors (Lipinski definition) is 10. The Balaban J connectivity index is 0.858. The van der Waals surface area contributed by atoms with Crippen LogP contribution in [0.15, 0.2) is 48.5 Å². The van der Waals surface area contributed by atoms with Gasteiger partial charge < -0.3 is 51.2 Å². The number of benzene rings is 2. The van der Waals surface area contributed by atoms with Gasteiger partial charge in [-0.3, -0.25) is 28.8 Å². The number of likely N-dealkylation sites (N-methyl/N-ethyl adjacent to an activating group) is 2. The van der Waals surface area contributed by atoms with E-state index in [1.54, 1.807) is 37.7 Å². The minimum atomic E-state index is -0.679. The van der Waals surface area contributed by atoms with Crippen LogP contribution in [0.4, 0.5) is 0 Å². The smallest absolute Gasteiger partial charge is 0.246 e. The average Bonchev–Trinajstić information content (AvgIpc) is 4.26. The van der Waals surface area contributed by atoms with Crippen LogP contribution in [0.25, 0.3) is 0 Å². The highest BCUT2D eigenvalue weighted by molar-refractivity contribution is 5.95. The number of rotatable bonds is 18. The molecule has 0 unspecified atom stereocenters. The highest BCUT2D eigenvalue weighted by Gasteiger charge is 2.45. The zero-order valence-electron chi connectivity index (χ0n) is 43.8. The molecule has 2 heterocycles. The standard InChI is InChI=1S/C58H78N8O8/c1-37(59-3)53(67)61-49(39-21-9-7-10-22-39)57(71)65-31-19-29-45(65)55(69)63-51-43-27-15-13-25-41(43)35-47(51)73-33-17-5-6-18-34-74-48-36-42-26-14-16-28-44(42)52(48)64-56(70)46-30-20-32-66(46)58(72)50(40-23-11-8-12-24-40)62-54(68)38(2)60-4/h13-16,25-28,37-40,45-52,59-60H,7-12,19-24,29-36H2,1-4H3,(H,61,67)(H,62,68)(H,63,69)(H,64,70)/t37-,38-,45-,46-,47+,48+,49-,50-,51-,52-/m0/s1. The molecule has 74 heavy (non-hydrogen) atoms. The lowest BCUT2D eigenvalue weighted by Crippen LogP contribution is -2.58. The molecule has 6 amide bonds. The maximum atomic E-state index is 14.3. The molecule has 16 heteroatoms. The Bertz CT molecular complexity index is 2280. The van der Waals surface area contributed by atoms with Crippen LogP contribution in [0.3, 0.4) is 0 Å². The van der Waals surface area contributed by atoms with Gasteiger partial charge in [-0.25, -0.2) is 0 Å². The van der Waals surface area contributed by atoms with E-state index >= 15 is 0 Å². The lowest BCUT2D eigenvalue weighted by atomic mass is 9.83. The number of hydrogen-bond donors (Lipinski definition) is 6. The van der Waals surface area contributed by atoms with E-state index in [-0.39, 0.29) is 72.7 Å². The molecule has 0 aromatic heterocycles. The number of likely N-dealkylation sites (tertiary alicyclic amines) is 2. The number of nitrogens with one attached hydrogen (secondary N) is 6. The van der Waals surface area contributed by atoms with Gasteiger partial charge in [-0.15, -0.1) is 0 Å². The van der Waals surface area contributed by atoms with Crippen molar-refractivity contribution in [3.63, 3.8) is 0 Å². The Hall–Kier alpha value is -5.78. The maximum absolute atomic E-state index is 14.3. The van der Waals surface area contributed by atoms with Gasteiger partial charge in [0.1, 0.15) is 37.4 Å². The van der Waals surface area contributed by atoms with E-state index in [2.05, 4.69) is 55.6 Å². The first kappa shape index (κ1) is 54.5. The number of amides is 6. The summed E-state index contributed by atoms with van der Waals surface area (Å²) in [5.74, 6) is 10.6. The summed E-state index contributed by atoms with van der Waals surface area (Å²) in [6, 6.07) is 11.5. The van der Waals surface area contributed by atoms with E-state index in [1.807, 2.05) is 48.5 Å². The van der Waals surface area contributed by atoms with Crippen molar-refractivity contribution >= 4 is 35.4 Å². The van der Waals surface area contributed by atoms with Crippen LogP contribution in [0.1, 0.15) is 138 Å². The van der Waals surface area contributed by atoms with Crippen molar-refractivity contribution in [3.8, 4) is 23.7 Å². The van der Waals surface area contributed by atoms with Gasteiger partial charge in [0, 0.05) is 25.9 Å². The number of carbonyl (C=O) groups is 6. The van der Waals surface area contributed by atoms with Crippen LogP contribution in [-0.4, -0.2) is 134 Å². The third-order valence-electron chi connectivity index (χ3n) is 16.6. The first-order valence-corrected chi connectivity index (χ1v) is 27.5. The third-order valence-corrected chi connectivity index (χ3v) is 16.6. The molecule has 2 saturated carbocycles. The molecule has 2 aromatic rings. The molecule has 0 radical (unpaired) electrons. The Morgan fingerprint density at radius 3 is 1.34 bits per heavy atom. The molecule has 2 saturated heterocycles. The van der Waals surface area contributed by atoms with Crippen molar-refractivity contribution in [2.45, 2.75) is 177 Å². The molecular formula is C58H78N8O8. The minimum Gasteiger partial charge on any atom is -0.363 e. The molecule has 0 spiro atoms. The van der Waals surface area contributed by atoms with E-state index in [0.29, 0.717) is 51.6 Å². The van der Waals surface area contributed by atoms with Crippen molar-refractivity contribution < 1.29 is 38.2 Å². The van der Waals surface area contributed by atoms with E-state index in [4.69, 9.17) is 9.47 Å². The molecule has 0 bridgehead atoms. The second kappa shape index (κ2) is 26.1. The highest BCUT2D eigenvalue weighted by Crippen LogP contribution is 2.37. The fourth-order valence-corrected chi connectivity index (χ4v) is 12.2. The molecule has 16 nitrogen and oxygen atoms in total. The van der Waals surface area contributed by atoms with E-state index < -0.39 is 48.3 Å². The molecule has 2 aliphatic heterocycles. The molecular weight excluding hydrogens is 937 g/mol. The molecule has 4 aliphatic carbocycles. The van der Waals surface area contributed by atoms with Gasteiger partial charge in [0.15, 0.2) is 0 Å². The Morgan fingerprint density at radius 2 is 0.946 bits per heavy atom. The van der Waals surface area contributed by atoms with Crippen molar-refractivity contribution in [2.24, 2.45) is 11.8 Å². The summed E-state index contributed by atoms with van der Waals surface area (Å²) in [7, 11) is 3.44. The van der Waals surface area contributed by atoms with E-state index in [9.17, 15) is 28.8 Å². The van der Waals surface area contributed by atoms with Crippen molar-refractivity contribution in [3.05, 3.63) is 70.8 Å². The fourth-order valence-electron chi connectivity index (χ4n) is 12.2. The number of nitrogens with zero attached hydrogens (tertiary/aromatic N) is 2. The lowest BCUT2D eigenvalue weighted by Gasteiger charge is -2.35. The third kappa shape index (κ3) is 13.0. The normalized spacial score (nSPS) is 25.2. The highest BCUT2D eigenvalue weighted by atomic mass is 16.5. The predicted molar refractivity (Wildman–Crippen MR) is 281 cm³/mol. The summed E-state index contributed by atoms with van der Waals surface area (Å²) in [4.78, 5) is 86.6. The topological polar surface area (TPSA) is 200 Å². The maximum Gasteiger partial charge on any atom is 0.246 e. The molecule has 398 valence electrons. The monoisotopic (exact) mass is 1010 g/mol. The fraction of sp³-hybridized carbons (Fsp3) is 0.621. The Kier molecular flexibility index (Phi) is 19.2. The lowest BCUT2D eigenvalue weighted by molar-refractivity contribution is -0.143. The predicted octanol–water partition coefficient (Wildman–Crippen LogP) is 3.92. The van der Waals surface area contributed by atoms with Gasteiger partial charge in [-0.05, 0) is 125 Å². The summed E-state index contributed by atoms with van der Waals surface area (Å²) >= 11 is 0. The zero-order chi connectivity index (χ0) is 52.1. The van der Waals surface area contributed by atoms with Crippen molar-refractivity contribution in [1.29, 1.82) is 0 Å². The van der Waals surface area contributed by atoms with Gasteiger partial charge in [0.2, 0.25) is 35.4 Å². The average molecular weight is 1020 g/mol. The van der Waals surface area contributed by atoms with Crippen LogP contribution >= 0.6 is 0 Å². The van der Waals surface area contributed by atoms with Crippen LogP contribution < -0.4 is 31.9 Å². The van der Waals surface area contributed by atoms with Crippen LogP contribution in [0, 0.1) is 35.5 Å². The molecule has 10 atom stereocenters. The van der Waals surface area contributed by atoms with Crippen LogP contribution in [-0.2, 0) is 51.1 Å². The first-order valence-electron chi connectivity index (χ1n) is 27.5. The largest absolute Gasteiger partial charge is 0.363 e.